The number of hydrogen-bond donors (Lipinski definition) is 2. The standard InChI is InChI=1S/C13H20N2O2/c1-2-11-8-13(16,4-6-17-11)7-10-9-15-5-3-12(10)14/h3,5,9,11,16H,2,4,6-8H2,1H3,(H2,14,15). The van der Waals surface area contributed by atoms with E-state index in [-0.39, 0.29) is 6.10 Å². The Balaban J connectivity index is 2.09. The molecule has 0 bridgehead atoms. The van der Waals surface area contributed by atoms with Gasteiger partial charge in [-0.3, -0.25) is 4.98 Å². The van der Waals surface area contributed by atoms with Crippen molar-refractivity contribution in [2.75, 3.05) is 12.3 Å². The minimum Gasteiger partial charge on any atom is -0.398 e. The molecule has 2 unspecified atom stereocenters. The minimum absolute atomic E-state index is 0.159. The average molecular weight is 236 g/mol. The maximum Gasteiger partial charge on any atom is 0.0735 e. The fraction of sp³-hybridized carbons (Fsp3) is 0.615. The number of nitrogens with two attached hydrogens (primary N) is 1. The maximum atomic E-state index is 10.6. The van der Waals surface area contributed by atoms with Gasteiger partial charge in [0.15, 0.2) is 0 Å². The highest BCUT2D eigenvalue weighted by molar-refractivity contribution is 5.45. The Bertz CT molecular complexity index is 383. The van der Waals surface area contributed by atoms with Crippen LogP contribution < -0.4 is 5.73 Å². The highest BCUT2D eigenvalue weighted by Gasteiger charge is 2.34. The van der Waals surface area contributed by atoms with Crippen LogP contribution in [0.25, 0.3) is 0 Å². The van der Waals surface area contributed by atoms with E-state index in [0.29, 0.717) is 31.6 Å². The molecule has 0 amide bonds. The fourth-order valence-corrected chi connectivity index (χ4v) is 2.36. The molecular weight excluding hydrogens is 216 g/mol. The normalized spacial score (nSPS) is 29.2. The van der Waals surface area contributed by atoms with Crippen LogP contribution in [0.2, 0.25) is 0 Å². The van der Waals surface area contributed by atoms with Crippen molar-refractivity contribution in [3.05, 3.63) is 24.0 Å². The molecule has 0 aliphatic carbocycles. The smallest absolute Gasteiger partial charge is 0.0735 e. The van der Waals surface area contributed by atoms with Gasteiger partial charge in [-0.2, -0.15) is 0 Å². The zero-order chi connectivity index (χ0) is 12.3. The molecule has 17 heavy (non-hydrogen) atoms. The summed E-state index contributed by atoms with van der Waals surface area (Å²) in [6.07, 6.45) is 6.41. The van der Waals surface area contributed by atoms with Crippen LogP contribution in [-0.2, 0) is 11.2 Å². The van der Waals surface area contributed by atoms with Crippen LogP contribution in [-0.4, -0.2) is 28.4 Å². The van der Waals surface area contributed by atoms with Gasteiger partial charge in [-0.25, -0.2) is 0 Å². The third kappa shape index (κ3) is 2.96. The number of aliphatic hydroxyl groups is 1. The van der Waals surface area contributed by atoms with Crippen molar-refractivity contribution in [2.24, 2.45) is 0 Å². The number of ether oxygens (including phenoxy) is 1. The first kappa shape index (κ1) is 12.3. The van der Waals surface area contributed by atoms with Gasteiger partial charge in [0.2, 0.25) is 0 Å². The van der Waals surface area contributed by atoms with Gasteiger partial charge in [0.05, 0.1) is 11.7 Å². The van der Waals surface area contributed by atoms with Gasteiger partial charge in [-0.05, 0) is 24.5 Å². The first-order chi connectivity index (χ1) is 8.13. The zero-order valence-electron chi connectivity index (χ0n) is 10.2. The van der Waals surface area contributed by atoms with Crippen molar-refractivity contribution in [2.45, 2.75) is 44.3 Å². The molecule has 1 aliphatic heterocycles. The second-order valence-electron chi connectivity index (χ2n) is 4.83. The van der Waals surface area contributed by atoms with Crippen LogP contribution in [0.4, 0.5) is 5.69 Å². The van der Waals surface area contributed by atoms with Crippen LogP contribution in [0.15, 0.2) is 18.5 Å². The molecule has 0 spiro atoms. The van der Waals surface area contributed by atoms with E-state index in [1.807, 2.05) is 0 Å². The Hall–Kier alpha value is -1.13. The molecule has 0 radical (unpaired) electrons. The summed E-state index contributed by atoms with van der Waals surface area (Å²) in [4.78, 5) is 4.06. The van der Waals surface area contributed by atoms with Gasteiger partial charge in [0.25, 0.3) is 0 Å². The van der Waals surface area contributed by atoms with Crippen LogP contribution in [0.3, 0.4) is 0 Å². The SMILES string of the molecule is CCC1CC(O)(Cc2cnccc2N)CCO1. The second-order valence-corrected chi connectivity index (χ2v) is 4.83. The first-order valence-corrected chi connectivity index (χ1v) is 6.15. The Morgan fingerprint density at radius 2 is 2.47 bits per heavy atom. The Labute approximate surface area is 102 Å². The molecule has 2 rings (SSSR count). The topological polar surface area (TPSA) is 68.4 Å². The van der Waals surface area contributed by atoms with E-state index in [1.165, 1.54) is 0 Å². The molecule has 1 aromatic heterocycles. The van der Waals surface area contributed by atoms with E-state index >= 15 is 0 Å². The van der Waals surface area contributed by atoms with E-state index in [0.717, 1.165) is 12.0 Å². The number of aromatic nitrogens is 1. The first-order valence-electron chi connectivity index (χ1n) is 6.15. The van der Waals surface area contributed by atoms with Crippen molar-refractivity contribution in [3.63, 3.8) is 0 Å². The number of anilines is 1. The summed E-state index contributed by atoms with van der Waals surface area (Å²) in [6.45, 7) is 2.70. The van der Waals surface area contributed by atoms with E-state index < -0.39 is 5.60 Å². The van der Waals surface area contributed by atoms with Gasteiger partial charge >= 0.3 is 0 Å². The lowest BCUT2D eigenvalue weighted by Crippen LogP contribution is -2.42. The quantitative estimate of drug-likeness (QED) is 0.835. The molecule has 94 valence electrons. The third-order valence-electron chi connectivity index (χ3n) is 3.44. The van der Waals surface area contributed by atoms with Crippen LogP contribution in [0, 0.1) is 0 Å². The van der Waals surface area contributed by atoms with Crippen LogP contribution >= 0.6 is 0 Å². The Kier molecular flexibility index (Phi) is 3.64. The molecule has 0 aromatic carbocycles. The van der Waals surface area contributed by atoms with Crippen molar-refractivity contribution in [1.29, 1.82) is 0 Å². The van der Waals surface area contributed by atoms with Crippen molar-refractivity contribution in [3.8, 4) is 0 Å². The van der Waals surface area contributed by atoms with Crippen molar-refractivity contribution >= 4 is 5.69 Å². The summed E-state index contributed by atoms with van der Waals surface area (Å²) in [5, 5.41) is 10.6. The Morgan fingerprint density at radius 1 is 1.65 bits per heavy atom. The van der Waals surface area contributed by atoms with Crippen LogP contribution in [0.5, 0.6) is 0 Å². The highest BCUT2D eigenvalue weighted by atomic mass is 16.5. The summed E-state index contributed by atoms with van der Waals surface area (Å²) in [7, 11) is 0. The maximum absolute atomic E-state index is 10.6. The van der Waals surface area contributed by atoms with Gasteiger partial charge in [0.1, 0.15) is 0 Å². The Morgan fingerprint density at radius 3 is 3.18 bits per heavy atom. The molecule has 4 nitrogen and oxygen atoms in total. The summed E-state index contributed by atoms with van der Waals surface area (Å²) >= 11 is 0. The molecule has 1 aromatic rings. The molecular formula is C13H20N2O2. The van der Waals surface area contributed by atoms with E-state index in [9.17, 15) is 5.11 Å². The number of nitrogens with zero attached hydrogens (tertiary/aromatic N) is 1. The molecule has 1 aliphatic rings. The van der Waals surface area contributed by atoms with E-state index in [4.69, 9.17) is 10.5 Å². The van der Waals surface area contributed by atoms with E-state index in [2.05, 4.69) is 11.9 Å². The average Bonchev–Trinajstić information content (AvgIpc) is 2.32. The molecule has 4 heteroatoms. The predicted molar refractivity (Wildman–Crippen MR) is 66.6 cm³/mol. The summed E-state index contributed by atoms with van der Waals surface area (Å²) in [6, 6.07) is 1.77. The molecule has 2 atom stereocenters. The van der Waals surface area contributed by atoms with Gasteiger partial charge in [-0.1, -0.05) is 6.92 Å². The van der Waals surface area contributed by atoms with Gasteiger partial charge in [-0.15, -0.1) is 0 Å². The largest absolute Gasteiger partial charge is 0.398 e. The number of nitrogen functional groups attached to an aromatic ring is 1. The lowest BCUT2D eigenvalue weighted by atomic mass is 9.84. The lowest BCUT2D eigenvalue weighted by Gasteiger charge is -2.36. The summed E-state index contributed by atoms with van der Waals surface area (Å²) in [5.41, 5.74) is 6.81. The van der Waals surface area contributed by atoms with E-state index in [1.54, 1.807) is 18.5 Å². The number of rotatable bonds is 3. The van der Waals surface area contributed by atoms with Crippen molar-refractivity contribution in [1.82, 2.24) is 4.98 Å². The van der Waals surface area contributed by atoms with Gasteiger partial charge in [0, 0.05) is 37.5 Å². The second kappa shape index (κ2) is 5.02. The monoisotopic (exact) mass is 236 g/mol. The fourth-order valence-electron chi connectivity index (χ4n) is 2.36. The zero-order valence-corrected chi connectivity index (χ0v) is 10.2. The summed E-state index contributed by atoms with van der Waals surface area (Å²) in [5.74, 6) is 0. The third-order valence-corrected chi connectivity index (χ3v) is 3.44. The minimum atomic E-state index is -0.698. The predicted octanol–water partition coefficient (Wildman–Crippen LogP) is 1.53. The van der Waals surface area contributed by atoms with Crippen LogP contribution in [0.1, 0.15) is 31.7 Å². The lowest BCUT2D eigenvalue weighted by molar-refractivity contribution is -0.103. The highest BCUT2D eigenvalue weighted by Crippen LogP contribution is 2.30. The molecule has 1 fully saturated rings. The molecule has 0 saturated carbocycles. The van der Waals surface area contributed by atoms with Gasteiger partial charge < -0.3 is 15.6 Å². The van der Waals surface area contributed by atoms with Crippen molar-refractivity contribution < 1.29 is 9.84 Å². The summed E-state index contributed by atoms with van der Waals surface area (Å²) < 4.78 is 5.58. The molecule has 3 N–H and O–H groups in total. The molecule has 1 saturated heterocycles. The number of pyridine rings is 1. The molecule has 2 heterocycles. The number of hydrogen-bond acceptors (Lipinski definition) is 4.